The summed E-state index contributed by atoms with van der Waals surface area (Å²) in [6, 6.07) is 5.85. The Balaban J connectivity index is 2.12. The summed E-state index contributed by atoms with van der Waals surface area (Å²) in [5.41, 5.74) is 4.96. The monoisotopic (exact) mass is 368 g/mol. The largest absolute Gasteiger partial charge is 0.420 e. The van der Waals surface area contributed by atoms with Gasteiger partial charge in [0, 0.05) is 30.5 Å². The molecule has 3 heterocycles. The van der Waals surface area contributed by atoms with Crippen LogP contribution in [0.15, 0.2) is 29.7 Å². The van der Waals surface area contributed by atoms with Gasteiger partial charge in [0.05, 0.1) is 22.8 Å². The first-order valence-electron chi connectivity index (χ1n) is 7.70. The summed E-state index contributed by atoms with van der Waals surface area (Å²) in [7, 11) is 1.45. The Bertz CT molecular complexity index is 1080. The molecule has 1 aromatic heterocycles. The molecule has 136 valence electrons. The molecule has 2 aliphatic heterocycles. The normalized spacial score (nSPS) is 19.9. The van der Waals surface area contributed by atoms with E-state index in [-0.39, 0.29) is 40.8 Å². The number of rotatable bonds is 3. The Kier molecular flexibility index (Phi) is 3.40. The van der Waals surface area contributed by atoms with Gasteiger partial charge in [-0.15, -0.1) is 5.10 Å². The van der Waals surface area contributed by atoms with Gasteiger partial charge < -0.3 is 20.5 Å². The van der Waals surface area contributed by atoms with E-state index in [1.807, 2.05) is 6.07 Å². The molecule has 0 fully saturated rings. The topological polar surface area (TPSA) is 169 Å². The molecule has 2 aromatic rings. The highest BCUT2D eigenvalue weighted by Gasteiger charge is 2.59. The molecule has 2 aliphatic rings. The highest BCUT2D eigenvalue weighted by atomic mass is 16.6. The first-order chi connectivity index (χ1) is 12.9. The molecule has 4 rings (SSSR count). The summed E-state index contributed by atoms with van der Waals surface area (Å²) in [5.74, 6) is -0.871. The second-order valence-corrected chi connectivity index (χ2v) is 5.96. The molecule has 11 nitrogen and oxygen atoms in total. The number of hydrogen-bond donors (Lipinski definition) is 3. The minimum absolute atomic E-state index is 0.00746. The van der Waals surface area contributed by atoms with E-state index in [1.165, 1.54) is 25.3 Å². The molecule has 4 N–H and O–H groups in total. The Morgan fingerprint density at radius 3 is 2.96 bits per heavy atom. The molecule has 0 bridgehead atoms. The zero-order chi connectivity index (χ0) is 19.3. The van der Waals surface area contributed by atoms with Gasteiger partial charge in [0.1, 0.15) is 17.1 Å². The molecule has 1 aromatic carbocycles. The summed E-state index contributed by atoms with van der Waals surface area (Å²) < 4.78 is 10.6. The molecule has 11 heteroatoms. The van der Waals surface area contributed by atoms with Crippen LogP contribution in [0.2, 0.25) is 0 Å². The van der Waals surface area contributed by atoms with Gasteiger partial charge in [-0.3, -0.25) is 20.0 Å². The molecular weight excluding hydrogens is 356 g/mol. The van der Waals surface area contributed by atoms with Crippen LogP contribution in [-0.2, 0) is 21.6 Å². The SMILES string of the molecule is COCc1[nH]nc2c1[C@@]1(C(=O)Nc3ccc([N+](=O)[O-])cc31)C(C#N)=C(N)O2. The number of aromatic amines is 1. The number of non-ortho nitro benzene ring substituents is 1. The lowest BCUT2D eigenvalue weighted by Gasteiger charge is -2.31. The predicted octanol–water partition coefficient (Wildman–Crippen LogP) is 0.789. The van der Waals surface area contributed by atoms with Crippen molar-refractivity contribution < 1.29 is 19.2 Å². The summed E-state index contributed by atoms with van der Waals surface area (Å²) >= 11 is 0. The third-order valence-electron chi connectivity index (χ3n) is 4.62. The van der Waals surface area contributed by atoms with Crippen molar-refractivity contribution in [3.63, 3.8) is 0 Å². The first kappa shape index (κ1) is 16.6. The van der Waals surface area contributed by atoms with E-state index in [1.54, 1.807) is 0 Å². The molecule has 0 saturated heterocycles. The quantitative estimate of drug-likeness (QED) is 0.527. The van der Waals surface area contributed by atoms with Crippen LogP contribution in [0, 0.1) is 21.4 Å². The van der Waals surface area contributed by atoms with Gasteiger partial charge in [0.15, 0.2) is 0 Å². The van der Waals surface area contributed by atoms with Crippen LogP contribution in [0.25, 0.3) is 0 Å². The third kappa shape index (κ3) is 1.98. The van der Waals surface area contributed by atoms with Gasteiger partial charge in [-0.2, -0.15) is 5.26 Å². The average Bonchev–Trinajstić information content (AvgIpc) is 3.15. The molecule has 27 heavy (non-hydrogen) atoms. The van der Waals surface area contributed by atoms with Crippen LogP contribution in [0.5, 0.6) is 5.88 Å². The van der Waals surface area contributed by atoms with Crippen LogP contribution in [0.4, 0.5) is 11.4 Å². The van der Waals surface area contributed by atoms with Crippen molar-refractivity contribution in [2.24, 2.45) is 5.73 Å². The van der Waals surface area contributed by atoms with Gasteiger partial charge in [-0.1, -0.05) is 0 Å². The Hall–Kier alpha value is -3.91. The van der Waals surface area contributed by atoms with Crippen molar-refractivity contribution in [2.75, 3.05) is 12.4 Å². The van der Waals surface area contributed by atoms with Gasteiger partial charge in [0.2, 0.25) is 17.7 Å². The minimum atomic E-state index is -1.73. The number of nitrogens with zero attached hydrogens (tertiary/aromatic N) is 3. The van der Waals surface area contributed by atoms with Crippen molar-refractivity contribution in [3.8, 4) is 11.9 Å². The second-order valence-electron chi connectivity index (χ2n) is 5.96. The molecule has 1 spiro atoms. The molecule has 0 unspecified atom stereocenters. The Labute approximate surface area is 151 Å². The lowest BCUT2D eigenvalue weighted by molar-refractivity contribution is -0.384. The summed E-state index contributed by atoms with van der Waals surface area (Å²) in [4.78, 5) is 23.8. The van der Waals surface area contributed by atoms with Crippen LogP contribution in [0.1, 0.15) is 16.8 Å². The van der Waals surface area contributed by atoms with Crippen LogP contribution in [0.3, 0.4) is 0 Å². The van der Waals surface area contributed by atoms with E-state index < -0.39 is 16.2 Å². The van der Waals surface area contributed by atoms with Gasteiger partial charge >= 0.3 is 0 Å². The maximum Gasteiger partial charge on any atom is 0.269 e. The lowest BCUT2D eigenvalue weighted by Crippen LogP contribution is -2.42. The summed E-state index contributed by atoms with van der Waals surface area (Å²) in [6.07, 6.45) is 0. The molecule has 0 aliphatic carbocycles. The van der Waals surface area contributed by atoms with E-state index in [4.69, 9.17) is 15.2 Å². The molecule has 1 atom stereocenters. The number of nitrogens with two attached hydrogens (primary N) is 1. The number of hydrogen-bond acceptors (Lipinski definition) is 8. The highest BCUT2D eigenvalue weighted by molar-refractivity contribution is 6.13. The second kappa shape index (κ2) is 5.55. The molecule has 0 radical (unpaired) electrons. The zero-order valence-electron chi connectivity index (χ0n) is 13.9. The van der Waals surface area contributed by atoms with Crippen molar-refractivity contribution in [3.05, 3.63) is 56.6 Å². The number of carbonyl (C=O) groups excluding carboxylic acids is 1. The van der Waals surface area contributed by atoms with Crippen molar-refractivity contribution >= 4 is 17.3 Å². The minimum Gasteiger partial charge on any atom is -0.420 e. The number of ether oxygens (including phenoxy) is 2. The predicted molar refractivity (Wildman–Crippen MR) is 89.3 cm³/mol. The van der Waals surface area contributed by atoms with E-state index in [0.29, 0.717) is 11.4 Å². The van der Waals surface area contributed by atoms with E-state index in [2.05, 4.69) is 15.5 Å². The van der Waals surface area contributed by atoms with Gasteiger partial charge in [-0.05, 0) is 6.07 Å². The Morgan fingerprint density at radius 2 is 2.30 bits per heavy atom. The smallest absolute Gasteiger partial charge is 0.269 e. The standard InChI is InChI=1S/C16H12N6O5/c1-26-6-11-12-14(21-20-11)27-13(18)9(5-17)16(12)8-4-7(22(24)25)2-3-10(8)19-15(16)23/h2-4H,6,18H2,1H3,(H,19,23)(H,20,21)/t16-/m0/s1. The number of amides is 1. The number of carbonyl (C=O) groups is 1. The number of nitro benzene ring substituents is 1. The maximum absolute atomic E-state index is 13.2. The number of anilines is 1. The third-order valence-corrected chi connectivity index (χ3v) is 4.62. The number of methoxy groups -OCH3 is 1. The lowest BCUT2D eigenvalue weighted by atomic mass is 9.69. The van der Waals surface area contributed by atoms with Gasteiger partial charge in [-0.25, -0.2) is 0 Å². The van der Waals surface area contributed by atoms with Crippen LogP contribution < -0.4 is 15.8 Å². The molecule has 0 saturated carbocycles. The fourth-order valence-electron chi connectivity index (χ4n) is 3.57. The number of nitro groups is 1. The van der Waals surface area contributed by atoms with Crippen LogP contribution in [-0.4, -0.2) is 28.1 Å². The number of nitrogens with one attached hydrogen (secondary N) is 2. The molecule has 1 amide bonds. The number of H-pyrrole nitrogens is 1. The number of fused-ring (bicyclic) bond motifs is 4. The van der Waals surface area contributed by atoms with Crippen molar-refractivity contribution in [2.45, 2.75) is 12.0 Å². The molecular formula is C16H12N6O5. The fraction of sp³-hybridized carbons (Fsp3) is 0.188. The number of benzene rings is 1. The first-order valence-corrected chi connectivity index (χ1v) is 7.70. The summed E-state index contributed by atoms with van der Waals surface area (Å²) in [6.45, 7) is 0.0452. The highest BCUT2D eigenvalue weighted by Crippen LogP contribution is 2.54. The van der Waals surface area contributed by atoms with E-state index >= 15 is 0 Å². The van der Waals surface area contributed by atoms with Crippen molar-refractivity contribution in [1.29, 1.82) is 5.26 Å². The van der Waals surface area contributed by atoms with Crippen LogP contribution >= 0.6 is 0 Å². The summed E-state index contributed by atoms with van der Waals surface area (Å²) in [5, 5.41) is 30.4. The van der Waals surface area contributed by atoms with E-state index in [9.17, 15) is 20.2 Å². The maximum atomic E-state index is 13.2. The Morgan fingerprint density at radius 1 is 1.52 bits per heavy atom. The average molecular weight is 368 g/mol. The zero-order valence-corrected chi connectivity index (χ0v) is 13.9. The number of aromatic nitrogens is 2. The van der Waals surface area contributed by atoms with Gasteiger partial charge in [0.25, 0.3) is 5.69 Å². The number of nitriles is 1. The van der Waals surface area contributed by atoms with E-state index in [0.717, 1.165) is 0 Å². The van der Waals surface area contributed by atoms with Crippen molar-refractivity contribution in [1.82, 2.24) is 10.2 Å². The fourth-order valence-corrected chi connectivity index (χ4v) is 3.57.